The topological polar surface area (TPSA) is 88.0 Å². The summed E-state index contributed by atoms with van der Waals surface area (Å²) in [6.45, 7) is 6.64. The number of imide groups is 1. The number of benzene rings is 2. The fourth-order valence-corrected chi connectivity index (χ4v) is 5.11. The largest absolute Gasteiger partial charge is 0.497 e. The summed E-state index contributed by atoms with van der Waals surface area (Å²) < 4.78 is 7.01. The molecule has 0 unspecified atom stereocenters. The number of piperazine rings is 1. The zero-order valence-electron chi connectivity index (χ0n) is 21.4. The molecule has 0 bridgehead atoms. The molecule has 1 saturated heterocycles. The van der Waals surface area contributed by atoms with Crippen molar-refractivity contribution in [2.24, 2.45) is 0 Å². The van der Waals surface area contributed by atoms with E-state index in [2.05, 4.69) is 10.00 Å². The van der Waals surface area contributed by atoms with E-state index in [9.17, 15) is 14.4 Å². The van der Waals surface area contributed by atoms with E-state index < -0.39 is 0 Å². The Kier molecular flexibility index (Phi) is 6.69. The van der Waals surface area contributed by atoms with Crippen molar-refractivity contribution in [1.29, 1.82) is 0 Å². The highest BCUT2D eigenvalue weighted by atomic mass is 16.5. The number of anilines is 1. The summed E-state index contributed by atoms with van der Waals surface area (Å²) in [6, 6.07) is 15.0. The highest BCUT2D eigenvalue weighted by Gasteiger charge is 2.38. The Bertz CT molecular complexity index is 1360. The molecule has 0 spiro atoms. The van der Waals surface area contributed by atoms with Gasteiger partial charge in [0.2, 0.25) is 5.91 Å². The van der Waals surface area contributed by atoms with Crippen LogP contribution in [-0.4, -0.2) is 77.1 Å². The first-order valence-electron chi connectivity index (χ1n) is 12.5. The molecule has 37 heavy (non-hydrogen) atoms. The highest BCUT2D eigenvalue weighted by Crippen LogP contribution is 2.32. The average molecular weight is 502 g/mol. The number of ether oxygens (including phenoxy) is 1. The second kappa shape index (κ2) is 10.1. The number of amides is 3. The Morgan fingerprint density at radius 2 is 1.73 bits per heavy atom. The first-order valence-corrected chi connectivity index (χ1v) is 12.5. The van der Waals surface area contributed by atoms with Crippen LogP contribution in [0.5, 0.6) is 5.75 Å². The Morgan fingerprint density at radius 3 is 2.43 bits per heavy atom. The predicted octanol–water partition coefficient (Wildman–Crippen LogP) is 2.70. The van der Waals surface area contributed by atoms with Gasteiger partial charge in [-0.05, 0) is 56.2 Å². The molecule has 0 N–H and O–H groups in total. The summed E-state index contributed by atoms with van der Waals surface area (Å²) in [5, 5.41) is 4.39. The smallest absolute Gasteiger partial charge is 0.263 e. The molecule has 3 aromatic rings. The average Bonchev–Trinajstić information content (AvgIpc) is 3.36. The third-order valence-corrected chi connectivity index (χ3v) is 7.10. The maximum Gasteiger partial charge on any atom is 0.263 e. The maximum absolute atomic E-state index is 13.4. The van der Waals surface area contributed by atoms with Gasteiger partial charge in [-0.1, -0.05) is 18.2 Å². The van der Waals surface area contributed by atoms with Gasteiger partial charge in [0.1, 0.15) is 12.3 Å². The Morgan fingerprint density at radius 1 is 0.973 bits per heavy atom. The normalized spacial score (nSPS) is 15.4. The number of methoxy groups -OCH3 is 1. The van der Waals surface area contributed by atoms with E-state index in [1.54, 1.807) is 17.9 Å². The minimum absolute atomic E-state index is 0.0270. The summed E-state index contributed by atoms with van der Waals surface area (Å²) in [7, 11) is 1.61. The third kappa shape index (κ3) is 4.81. The van der Waals surface area contributed by atoms with Gasteiger partial charge < -0.3 is 14.5 Å². The molecular weight excluding hydrogens is 470 g/mol. The fourth-order valence-electron chi connectivity index (χ4n) is 5.11. The number of aryl methyl sites for hydroxylation is 2. The molecule has 9 heteroatoms. The van der Waals surface area contributed by atoms with Crippen molar-refractivity contribution >= 4 is 23.4 Å². The van der Waals surface area contributed by atoms with E-state index in [-0.39, 0.29) is 24.3 Å². The molecule has 5 rings (SSSR count). The van der Waals surface area contributed by atoms with Crippen LogP contribution in [0.15, 0.2) is 48.5 Å². The fraction of sp³-hybridized carbons (Fsp3) is 0.357. The van der Waals surface area contributed by atoms with Gasteiger partial charge in [0.25, 0.3) is 11.8 Å². The third-order valence-electron chi connectivity index (χ3n) is 7.10. The van der Waals surface area contributed by atoms with Gasteiger partial charge in [0, 0.05) is 38.4 Å². The molecule has 3 amide bonds. The van der Waals surface area contributed by atoms with Gasteiger partial charge in [-0.15, -0.1) is 0 Å². The van der Waals surface area contributed by atoms with Gasteiger partial charge in [-0.25, -0.2) is 0 Å². The SMILES string of the molecule is COc1cccc(CCN2C(=O)c3cccc(N4CCN(C(=O)Cn5nc(C)cc5C)CC4)c3C2=O)c1. The van der Waals surface area contributed by atoms with Crippen molar-refractivity contribution in [3.63, 3.8) is 0 Å². The van der Waals surface area contributed by atoms with Gasteiger partial charge in [0.05, 0.1) is 29.6 Å². The molecule has 2 aliphatic rings. The highest BCUT2D eigenvalue weighted by molar-refractivity contribution is 6.23. The minimum Gasteiger partial charge on any atom is -0.497 e. The van der Waals surface area contributed by atoms with Gasteiger partial charge >= 0.3 is 0 Å². The van der Waals surface area contributed by atoms with Crippen LogP contribution in [-0.2, 0) is 17.8 Å². The Balaban J connectivity index is 1.25. The molecule has 1 aromatic heterocycles. The molecule has 0 saturated carbocycles. The summed E-state index contributed by atoms with van der Waals surface area (Å²) in [5.74, 6) is 0.249. The van der Waals surface area contributed by atoms with Gasteiger partial charge in [-0.3, -0.25) is 24.0 Å². The van der Waals surface area contributed by atoms with Crippen LogP contribution in [0.2, 0.25) is 0 Å². The number of carbonyl (C=O) groups is 3. The summed E-state index contributed by atoms with van der Waals surface area (Å²) in [6.07, 6.45) is 0.550. The molecule has 9 nitrogen and oxygen atoms in total. The zero-order chi connectivity index (χ0) is 26.1. The lowest BCUT2D eigenvalue weighted by Crippen LogP contribution is -2.50. The van der Waals surface area contributed by atoms with Crippen molar-refractivity contribution in [3.05, 3.63) is 76.6 Å². The summed E-state index contributed by atoms with van der Waals surface area (Å²) in [4.78, 5) is 44.7. The number of rotatable bonds is 7. The molecule has 0 aliphatic carbocycles. The first-order chi connectivity index (χ1) is 17.9. The predicted molar refractivity (Wildman–Crippen MR) is 139 cm³/mol. The van der Waals surface area contributed by atoms with Crippen LogP contribution >= 0.6 is 0 Å². The zero-order valence-corrected chi connectivity index (χ0v) is 21.4. The lowest BCUT2D eigenvalue weighted by atomic mass is 10.1. The van der Waals surface area contributed by atoms with Crippen molar-refractivity contribution in [3.8, 4) is 5.75 Å². The van der Waals surface area contributed by atoms with E-state index in [1.165, 1.54) is 4.90 Å². The van der Waals surface area contributed by atoms with Crippen LogP contribution in [0.1, 0.15) is 37.7 Å². The molecular formula is C28H31N5O4. The standard InChI is InChI=1S/C28H31N5O4/c1-19-16-20(2)33(29-19)18-25(34)31-14-12-30(13-15-31)24-9-5-8-23-26(24)28(36)32(27(23)35)11-10-21-6-4-7-22(17-21)37-3/h4-9,16-17H,10-15,18H2,1-3H3. The van der Waals surface area contributed by atoms with E-state index in [0.717, 1.165) is 28.4 Å². The number of aromatic nitrogens is 2. The molecule has 0 radical (unpaired) electrons. The quantitative estimate of drug-likeness (QED) is 0.463. The van der Waals surface area contributed by atoms with E-state index in [4.69, 9.17) is 4.74 Å². The first kappa shape index (κ1) is 24.5. The van der Waals surface area contributed by atoms with Crippen LogP contribution in [0.3, 0.4) is 0 Å². The lowest BCUT2D eigenvalue weighted by Gasteiger charge is -2.36. The number of hydrogen-bond donors (Lipinski definition) is 0. The molecule has 2 aliphatic heterocycles. The minimum atomic E-state index is -0.262. The van der Waals surface area contributed by atoms with Gasteiger partial charge in [0.15, 0.2) is 0 Å². The van der Waals surface area contributed by atoms with E-state index in [1.807, 2.05) is 61.2 Å². The van der Waals surface area contributed by atoms with Gasteiger partial charge in [-0.2, -0.15) is 5.10 Å². The number of hydrogen-bond acceptors (Lipinski definition) is 6. The van der Waals surface area contributed by atoms with Crippen molar-refractivity contribution in [2.45, 2.75) is 26.8 Å². The Hall–Kier alpha value is -4.14. The number of fused-ring (bicyclic) bond motifs is 1. The Labute approximate surface area is 216 Å². The maximum atomic E-state index is 13.4. The van der Waals surface area contributed by atoms with Crippen LogP contribution < -0.4 is 9.64 Å². The van der Waals surface area contributed by atoms with Crippen molar-refractivity contribution < 1.29 is 19.1 Å². The second-order valence-electron chi connectivity index (χ2n) is 9.52. The van der Waals surface area contributed by atoms with Crippen LogP contribution in [0, 0.1) is 13.8 Å². The second-order valence-corrected chi connectivity index (χ2v) is 9.52. The lowest BCUT2D eigenvalue weighted by molar-refractivity contribution is -0.132. The molecule has 3 heterocycles. The monoisotopic (exact) mass is 501 g/mol. The number of nitrogens with zero attached hydrogens (tertiary/aromatic N) is 5. The molecule has 192 valence electrons. The summed E-state index contributed by atoms with van der Waals surface area (Å²) in [5.41, 5.74) is 4.51. The molecule has 0 atom stereocenters. The van der Waals surface area contributed by atoms with Crippen LogP contribution in [0.25, 0.3) is 0 Å². The van der Waals surface area contributed by atoms with Crippen molar-refractivity contribution in [2.75, 3.05) is 44.7 Å². The number of carbonyl (C=O) groups excluding carboxylic acids is 3. The van der Waals surface area contributed by atoms with E-state index in [0.29, 0.717) is 50.3 Å². The molecule has 1 fully saturated rings. The van der Waals surface area contributed by atoms with E-state index >= 15 is 0 Å². The van der Waals surface area contributed by atoms with Crippen molar-refractivity contribution in [1.82, 2.24) is 19.6 Å². The van der Waals surface area contributed by atoms with Crippen LogP contribution in [0.4, 0.5) is 5.69 Å². The molecule has 2 aromatic carbocycles. The summed E-state index contributed by atoms with van der Waals surface area (Å²) >= 11 is 0.